The van der Waals surface area contributed by atoms with E-state index in [2.05, 4.69) is 25.5 Å². The summed E-state index contributed by atoms with van der Waals surface area (Å²) in [6.45, 7) is 2.89. The molecule has 2 aliphatic heterocycles. The lowest BCUT2D eigenvalue weighted by molar-refractivity contribution is -0.274. The predicted octanol–water partition coefficient (Wildman–Crippen LogP) is 2.51. The number of halogens is 3. The van der Waals surface area contributed by atoms with Crippen LogP contribution in [0.15, 0.2) is 29.4 Å². The second-order valence-corrected chi connectivity index (χ2v) is 6.80. The van der Waals surface area contributed by atoms with E-state index in [0.717, 1.165) is 38.0 Å². The minimum Gasteiger partial charge on any atom is -0.406 e. The lowest BCUT2D eigenvalue weighted by atomic mass is 9.93. The number of carbonyl (C=O) groups is 1. The average Bonchev–Trinajstić information content (AvgIpc) is 3.16. The van der Waals surface area contributed by atoms with E-state index < -0.39 is 6.36 Å². The number of nitrogens with one attached hydrogen (secondary N) is 2. The van der Waals surface area contributed by atoms with Gasteiger partial charge in [0.15, 0.2) is 0 Å². The molecule has 1 aromatic carbocycles. The number of nitrogens with zero attached hydrogens (tertiary/aromatic N) is 2. The maximum absolute atomic E-state index is 12.2. The maximum atomic E-state index is 12.2. The number of carbonyl (C=O) groups excluding carboxylic acids is 1. The van der Waals surface area contributed by atoms with Gasteiger partial charge in [0.25, 0.3) is 0 Å². The van der Waals surface area contributed by atoms with Crippen molar-refractivity contribution in [1.29, 1.82) is 0 Å². The SMILES string of the molecule is O=C(NCCC1CCN(c2ccc(OC(F)(F)F)cc2)CC1)C1C=NNC1. The summed E-state index contributed by atoms with van der Waals surface area (Å²) >= 11 is 0. The van der Waals surface area contributed by atoms with Crippen molar-refractivity contribution >= 4 is 17.8 Å². The van der Waals surface area contributed by atoms with E-state index >= 15 is 0 Å². The third kappa shape index (κ3) is 5.77. The maximum Gasteiger partial charge on any atom is 0.573 e. The molecule has 2 N–H and O–H groups in total. The van der Waals surface area contributed by atoms with Crippen LogP contribution >= 0.6 is 0 Å². The molecule has 0 aromatic heterocycles. The number of hydrogen-bond donors (Lipinski definition) is 2. The summed E-state index contributed by atoms with van der Waals surface area (Å²) in [5.41, 5.74) is 3.66. The van der Waals surface area contributed by atoms with Crippen LogP contribution in [0.25, 0.3) is 0 Å². The molecule has 0 aliphatic carbocycles. The Hall–Kier alpha value is -2.45. The van der Waals surface area contributed by atoms with Crippen LogP contribution in [0, 0.1) is 11.8 Å². The molecule has 1 fully saturated rings. The van der Waals surface area contributed by atoms with Crippen LogP contribution in [-0.2, 0) is 4.79 Å². The summed E-state index contributed by atoms with van der Waals surface area (Å²) in [7, 11) is 0. The molecular formula is C18H23F3N4O2. The quantitative estimate of drug-likeness (QED) is 0.791. The number of alkyl halides is 3. The van der Waals surface area contributed by atoms with Gasteiger partial charge in [0.1, 0.15) is 5.75 Å². The van der Waals surface area contributed by atoms with E-state index in [4.69, 9.17) is 0 Å². The number of hydrogen-bond acceptors (Lipinski definition) is 5. The van der Waals surface area contributed by atoms with Gasteiger partial charge in [0.05, 0.1) is 5.92 Å². The average molecular weight is 384 g/mol. The molecule has 1 atom stereocenters. The summed E-state index contributed by atoms with van der Waals surface area (Å²) in [4.78, 5) is 14.1. The molecule has 1 aromatic rings. The van der Waals surface area contributed by atoms with Crippen molar-refractivity contribution in [2.75, 3.05) is 31.1 Å². The number of anilines is 1. The number of rotatable bonds is 6. The molecule has 2 heterocycles. The largest absolute Gasteiger partial charge is 0.573 e. The highest BCUT2D eigenvalue weighted by Gasteiger charge is 2.31. The van der Waals surface area contributed by atoms with Crippen molar-refractivity contribution in [3.63, 3.8) is 0 Å². The van der Waals surface area contributed by atoms with E-state index in [0.29, 0.717) is 19.0 Å². The Kier molecular flexibility index (Phi) is 6.08. The van der Waals surface area contributed by atoms with Gasteiger partial charge >= 0.3 is 6.36 Å². The van der Waals surface area contributed by atoms with Crippen molar-refractivity contribution in [2.24, 2.45) is 16.9 Å². The van der Waals surface area contributed by atoms with Crippen molar-refractivity contribution in [1.82, 2.24) is 10.7 Å². The third-order valence-electron chi connectivity index (χ3n) is 4.90. The number of ether oxygens (including phenoxy) is 1. The van der Waals surface area contributed by atoms with Gasteiger partial charge in [-0.05, 0) is 49.4 Å². The molecule has 1 amide bonds. The Morgan fingerprint density at radius 2 is 1.96 bits per heavy atom. The fourth-order valence-electron chi connectivity index (χ4n) is 3.38. The highest BCUT2D eigenvalue weighted by molar-refractivity contribution is 5.94. The lowest BCUT2D eigenvalue weighted by Crippen LogP contribution is -2.37. The van der Waals surface area contributed by atoms with E-state index in [1.807, 2.05) is 0 Å². The molecule has 2 aliphatic rings. The first-order valence-corrected chi connectivity index (χ1v) is 9.05. The minimum absolute atomic E-state index is 0.00218. The molecule has 1 saturated heterocycles. The molecule has 148 valence electrons. The van der Waals surface area contributed by atoms with Crippen LogP contribution in [0.1, 0.15) is 19.3 Å². The van der Waals surface area contributed by atoms with Gasteiger partial charge in [0.2, 0.25) is 5.91 Å². The van der Waals surface area contributed by atoms with Gasteiger partial charge in [-0.3, -0.25) is 4.79 Å². The Morgan fingerprint density at radius 3 is 2.56 bits per heavy atom. The van der Waals surface area contributed by atoms with Gasteiger partial charge < -0.3 is 20.4 Å². The third-order valence-corrected chi connectivity index (χ3v) is 4.90. The fraction of sp³-hybridized carbons (Fsp3) is 0.556. The van der Waals surface area contributed by atoms with Crippen molar-refractivity contribution in [2.45, 2.75) is 25.6 Å². The molecule has 0 saturated carbocycles. The first-order chi connectivity index (χ1) is 12.9. The second kappa shape index (κ2) is 8.49. The predicted molar refractivity (Wildman–Crippen MR) is 95.7 cm³/mol. The van der Waals surface area contributed by atoms with E-state index in [-0.39, 0.29) is 17.6 Å². The molecule has 0 spiro atoms. The molecule has 9 heteroatoms. The summed E-state index contributed by atoms with van der Waals surface area (Å²) in [5, 5.41) is 6.79. The zero-order valence-corrected chi connectivity index (χ0v) is 14.8. The van der Waals surface area contributed by atoms with Crippen LogP contribution < -0.4 is 20.4 Å². The van der Waals surface area contributed by atoms with Crippen LogP contribution in [0.5, 0.6) is 5.75 Å². The minimum atomic E-state index is -4.67. The van der Waals surface area contributed by atoms with Crippen molar-refractivity contribution < 1.29 is 22.7 Å². The number of benzene rings is 1. The number of amides is 1. The zero-order valence-electron chi connectivity index (χ0n) is 14.8. The van der Waals surface area contributed by atoms with Crippen LogP contribution in [0.3, 0.4) is 0 Å². The summed E-state index contributed by atoms with van der Waals surface area (Å²) in [5.74, 6) is 0.141. The fourth-order valence-corrected chi connectivity index (χ4v) is 3.38. The number of hydrazone groups is 1. The summed E-state index contributed by atoms with van der Waals surface area (Å²) < 4.78 is 40.5. The van der Waals surface area contributed by atoms with E-state index in [1.165, 1.54) is 12.1 Å². The standard InChI is InChI=1S/C18H23F3N4O2/c19-18(20,21)27-16-3-1-15(2-4-16)25-9-6-13(7-10-25)5-8-22-17(26)14-11-23-24-12-14/h1-4,11,13-14,24H,5-10,12H2,(H,22,26). The topological polar surface area (TPSA) is 66.0 Å². The molecule has 6 nitrogen and oxygen atoms in total. The van der Waals surface area contributed by atoms with E-state index in [1.54, 1.807) is 18.3 Å². The Labute approximate surface area is 155 Å². The molecule has 1 unspecified atom stereocenters. The molecular weight excluding hydrogens is 361 g/mol. The number of piperidine rings is 1. The molecule has 0 bridgehead atoms. The summed E-state index contributed by atoms with van der Waals surface area (Å²) in [6.07, 6.45) is -0.142. The first-order valence-electron chi connectivity index (χ1n) is 9.05. The van der Waals surface area contributed by atoms with Gasteiger partial charge in [-0.15, -0.1) is 13.2 Å². The highest BCUT2D eigenvalue weighted by Crippen LogP contribution is 2.28. The van der Waals surface area contributed by atoms with Gasteiger partial charge in [-0.1, -0.05) is 0 Å². The first kappa shape index (κ1) is 19.3. The van der Waals surface area contributed by atoms with Crippen LogP contribution in [0.2, 0.25) is 0 Å². The highest BCUT2D eigenvalue weighted by atomic mass is 19.4. The van der Waals surface area contributed by atoms with Gasteiger partial charge in [0, 0.05) is 38.1 Å². The zero-order chi connectivity index (χ0) is 19.3. The van der Waals surface area contributed by atoms with Crippen molar-refractivity contribution in [3.8, 4) is 5.75 Å². The van der Waals surface area contributed by atoms with Crippen LogP contribution in [0.4, 0.5) is 18.9 Å². The monoisotopic (exact) mass is 384 g/mol. The van der Waals surface area contributed by atoms with Gasteiger partial charge in [-0.25, -0.2) is 0 Å². The van der Waals surface area contributed by atoms with E-state index in [9.17, 15) is 18.0 Å². The Morgan fingerprint density at radius 1 is 1.26 bits per heavy atom. The molecule has 0 radical (unpaired) electrons. The Balaban J connectivity index is 1.38. The summed E-state index contributed by atoms with van der Waals surface area (Å²) in [6, 6.07) is 5.98. The molecule has 3 rings (SSSR count). The second-order valence-electron chi connectivity index (χ2n) is 6.80. The lowest BCUT2D eigenvalue weighted by Gasteiger charge is -2.33. The normalized spacial score (nSPS) is 20.4. The smallest absolute Gasteiger partial charge is 0.406 e. The van der Waals surface area contributed by atoms with Gasteiger partial charge in [-0.2, -0.15) is 5.10 Å². The molecule has 27 heavy (non-hydrogen) atoms. The van der Waals surface area contributed by atoms with Crippen molar-refractivity contribution in [3.05, 3.63) is 24.3 Å². The Bertz CT molecular complexity index is 656. The van der Waals surface area contributed by atoms with Crippen LogP contribution in [-0.4, -0.2) is 44.7 Å².